The van der Waals surface area contributed by atoms with Crippen molar-refractivity contribution < 1.29 is 22.4 Å². The number of sulfonamides is 1. The molecule has 0 radical (unpaired) electrons. The minimum atomic E-state index is -3.90. The molecule has 1 aliphatic rings. The molecule has 1 heterocycles. The van der Waals surface area contributed by atoms with E-state index in [2.05, 4.69) is 4.72 Å². The monoisotopic (exact) mass is 469 g/mol. The summed E-state index contributed by atoms with van der Waals surface area (Å²) >= 11 is 0. The fourth-order valence-corrected chi connectivity index (χ4v) is 5.45. The molecule has 4 rings (SSSR count). The van der Waals surface area contributed by atoms with Gasteiger partial charge in [0, 0.05) is 16.5 Å². The lowest BCUT2D eigenvalue weighted by Gasteiger charge is -2.19. The predicted molar refractivity (Wildman–Crippen MR) is 125 cm³/mol. The van der Waals surface area contributed by atoms with Crippen molar-refractivity contribution in [2.75, 3.05) is 0 Å². The van der Waals surface area contributed by atoms with Crippen LogP contribution in [-0.2, 0) is 27.7 Å². The van der Waals surface area contributed by atoms with Crippen molar-refractivity contribution in [2.45, 2.75) is 63.8 Å². The van der Waals surface area contributed by atoms with Gasteiger partial charge in [0.25, 0.3) is 0 Å². The van der Waals surface area contributed by atoms with E-state index in [1.165, 1.54) is 12.1 Å². The second-order valence-electron chi connectivity index (χ2n) is 8.44. The maximum atomic E-state index is 12.9. The lowest BCUT2D eigenvalue weighted by atomic mass is 9.90. The van der Waals surface area contributed by atoms with E-state index in [0.29, 0.717) is 17.6 Å². The van der Waals surface area contributed by atoms with Gasteiger partial charge in [0.1, 0.15) is 17.4 Å². The maximum absolute atomic E-state index is 12.9. The van der Waals surface area contributed by atoms with Crippen LogP contribution in [-0.4, -0.2) is 20.4 Å². The number of esters is 1. The number of carbonyl (C=O) groups is 1. The van der Waals surface area contributed by atoms with Gasteiger partial charge in [-0.05, 0) is 75.8 Å². The van der Waals surface area contributed by atoms with Gasteiger partial charge < -0.3 is 9.15 Å². The molecule has 3 aromatic rings. The fraction of sp³-hybridized carbons (Fsp3) is 0.360. The molecule has 0 unspecified atom stereocenters. The summed E-state index contributed by atoms with van der Waals surface area (Å²) < 4.78 is 39.0. The third-order valence-electron chi connectivity index (χ3n) is 6.12. The zero-order chi connectivity index (χ0) is 23.8. The van der Waals surface area contributed by atoms with E-state index in [-0.39, 0.29) is 22.7 Å². The first-order chi connectivity index (χ1) is 15.7. The van der Waals surface area contributed by atoms with Crippen molar-refractivity contribution in [3.05, 3.63) is 69.1 Å². The van der Waals surface area contributed by atoms with Gasteiger partial charge in [-0.1, -0.05) is 24.6 Å². The summed E-state index contributed by atoms with van der Waals surface area (Å²) in [7, 11) is -3.90. The third kappa shape index (κ3) is 4.58. The Labute approximate surface area is 192 Å². The molecule has 0 spiro atoms. The van der Waals surface area contributed by atoms with Crippen LogP contribution < -0.4 is 15.1 Å². The van der Waals surface area contributed by atoms with Crippen molar-refractivity contribution in [3.63, 3.8) is 0 Å². The SMILES string of the molecule is CC[C@H](NS(=O)(=O)c1ccc(C)cc1)C(=O)Oc1ccc2c3c(c(=O)oc2c1C)CCCC3. The number of nitrogens with one attached hydrogen (secondary N) is 1. The first kappa shape index (κ1) is 23.2. The standard InChI is InChI=1S/C25H27NO6S/c1-4-21(26-33(29,30)17-11-9-15(2)10-12-17)25(28)31-22-14-13-19-18-7-5-6-8-20(18)24(27)32-23(19)16(22)3/h9-14,21,26H,4-8H2,1-3H3/t21-/m0/s1. The first-order valence-electron chi connectivity index (χ1n) is 11.1. The normalized spacial score (nSPS) is 14.6. The van der Waals surface area contributed by atoms with Crippen molar-refractivity contribution in [1.29, 1.82) is 0 Å². The Kier molecular flexibility index (Phi) is 6.41. The number of benzene rings is 2. The highest BCUT2D eigenvalue weighted by molar-refractivity contribution is 7.89. The Morgan fingerprint density at radius 3 is 2.39 bits per heavy atom. The average Bonchev–Trinajstić information content (AvgIpc) is 2.80. The topological polar surface area (TPSA) is 103 Å². The van der Waals surface area contributed by atoms with Gasteiger partial charge in [-0.3, -0.25) is 0 Å². The van der Waals surface area contributed by atoms with Gasteiger partial charge in [0.15, 0.2) is 0 Å². The summed E-state index contributed by atoms with van der Waals surface area (Å²) in [6.45, 7) is 5.28. The van der Waals surface area contributed by atoms with Crippen LogP contribution >= 0.6 is 0 Å². The molecule has 0 saturated carbocycles. The van der Waals surface area contributed by atoms with Gasteiger partial charge >= 0.3 is 11.6 Å². The highest BCUT2D eigenvalue weighted by Crippen LogP contribution is 2.32. The predicted octanol–water partition coefficient (Wildman–Crippen LogP) is 3.95. The molecule has 174 valence electrons. The van der Waals surface area contributed by atoms with Gasteiger partial charge in [-0.25, -0.2) is 18.0 Å². The van der Waals surface area contributed by atoms with Crippen molar-refractivity contribution in [3.8, 4) is 5.75 Å². The lowest BCUT2D eigenvalue weighted by Crippen LogP contribution is -2.42. The number of carbonyl (C=O) groups excluding carboxylic acids is 1. The van der Waals surface area contributed by atoms with Crippen LogP contribution in [0.3, 0.4) is 0 Å². The summed E-state index contributed by atoms with van der Waals surface area (Å²) in [6, 6.07) is 8.78. The van der Waals surface area contributed by atoms with Crippen LogP contribution in [0.2, 0.25) is 0 Å². The van der Waals surface area contributed by atoms with E-state index in [9.17, 15) is 18.0 Å². The molecule has 1 aromatic heterocycles. The largest absolute Gasteiger partial charge is 0.425 e. The van der Waals surface area contributed by atoms with Gasteiger partial charge in [0.2, 0.25) is 10.0 Å². The number of ether oxygens (including phenoxy) is 1. The molecular weight excluding hydrogens is 442 g/mol. The summed E-state index contributed by atoms with van der Waals surface area (Å²) in [4.78, 5) is 25.4. The zero-order valence-electron chi connectivity index (χ0n) is 18.9. The molecule has 0 amide bonds. The van der Waals surface area contributed by atoms with E-state index in [1.54, 1.807) is 38.1 Å². The van der Waals surface area contributed by atoms with E-state index < -0.39 is 22.0 Å². The van der Waals surface area contributed by atoms with E-state index in [1.807, 2.05) is 6.92 Å². The minimum absolute atomic E-state index is 0.0767. The highest BCUT2D eigenvalue weighted by Gasteiger charge is 2.27. The molecule has 0 fully saturated rings. The van der Waals surface area contributed by atoms with Crippen LogP contribution in [0, 0.1) is 13.8 Å². The zero-order valence-corrected chi connectivity index (χ0v) is 19.8. The molecule has 1 N–H and O–H groups in total. The smallest absolute Gasteiger partial charge is 0.339 e. The summed E-state index contributed by atoms with van der Waals surface area (Å²) in [5, 5.41) is 0.855. The molecular formula is C25H27NO6S. The highest BCUT2D eigenvalue weighted by atomic mass is 32.2. The molecule has 7 nitrogen and oxygen atoms in total. The van der Waals surface area contributed by atoms with E-state index in [4.69, 9.17) is 9.15 Å². The Balaban J connectivity index is 1.60. The van der Waals surface area contributed by atoms with Crippen LogP contribution in [0.4, 0.5) is 0 Å². The van der Waals surface area contributed by atoms with E-state index in [0.717, 1.165) is 41.3 Å². The average molecular weight is 470 g/mol. The molecule has 1 atom stereocenters. The number of fused-ring (bicyclic) bond motifs is 3. The summed E-state index contributed by atoms with van der Waals surface area (Å²) in [5.41, 5.74) is 3.25. The van der Waals surface area contributed by atoms with Crippen molar-refractivity contribution in [1.82, 2.24) is 4.72 Å². The summed E-state index contributed by atoms with van der Waals surface area (Å²) in [6.07, 6.45) is 3.71. The second-order valence-corrected chi connectivity index (χ2v) is 10.1. The number of aryl methyl sites for hydroxylation is 3. The van der Waals surface area contributed by atoms with Gasteiger partial charge in [-0.2, -0.15) is 4.72 Å². The molecule has 0 saturated heterocycles. The van der Waals surface area contributed by atoms with Crippen LogP contribution in [0.25, 0.3) is 11.0 Å². The van der Waals surface area contributed by atoms with Crippen LogP contribution in [0.15, 0.2) is 50.5 Å². The molecule has 2 aromatic carbocycles. The maximum Gasteiger partial charge on any atom is 0.339 e. The number of hydrogen-bond donors (Lipinski definition) is 1. The van der Waals surface area contributed by atoms with Crippen LogP contribution in [0.5, 0.6) is 5.75 Å². The number of rotatable bonds is 6. The molecule has 0 bridgehead atoms. The third-order valence-corrected chi connectivity index (χ3v) is 7.61. The molecule has 0 aliphatic heterocycles. The Bertz CT molecular complexity index is 1370. The van der Waals surface area contributed by atoms with Gasteiger partial charge in [0.05, 0.1) is 4.90 Å². The quantitative estimate of drug-likeness (QED) is 0.333. The minimum Gasteiger partial charge on any atom is -0.425 e. The molecule has 33 heavy (non-hydrogen) atoms. The van der Waals surface area contributed by atoms with Gasteiger partial charge in [-0.15, -0.1) is 0 Å². The fourth-order valence-electron chi connectivity index (χ4n) is 4.19. The Morgan fingerprint density at radius 2 is 1.73 bits per heavy atom. The van der Waals surface area contributed by atoms with Crippen molar-refractivity contribution in [2.24, 2.45) is 0 Å². The first-order valence-corrected chi connectivity index (χ1v) is 12.6. The van der Waals surface area contributed by atoms with E-state index >= 15 is 0 Å². The Hall–Kier alpha value is -2.97. The molecule has 8 heteroatoms. The van der Waals surface area contributed by atoms with Crippen LogP contribution in [0.1, 0.15) is 48.4 Å². The lowest BCUT2D eigenvalue weighted by molar-refractivity contribution is -0.136. The second kappa shape index (κ2) is 9.11. The molecule has 1 aliphatic carbocycles. The number of hydrogen-bond acceptors (Lipinski definition) is 6. The van der Waals surface area contributed by atoms with Crippen molar-refractivity contribution >= 4 is 27.0 Å². The summed E-state index contributed by atoms with van der Waals surface area (Å²) in [5.74, 6) is -0.490. The Morgan fingerprint density at radius 1 is 1.06 bits per heavy atom.